The van der Waals surface area contributed by atoms with E-state index in [9.17, 15) is 14.9 Å². The van der Waals surface area contributed by atoms with Crippen LogP contribution >= 0.6 is 0 Å². The zero-order chi connectivity index (χ0) is 27.9. The van der Waals surface area contributed by atoms with E-state index < -0.39 is 16.5 Å². The van der Waals surface area contributed by atoms with Crippen LogP contribution in [0, 0.1) is 26.9 Å². The van der Waals surface area contributed by atoms with Crippen molar-refractivity contribution in [3.8, 4) is 5.75 Å². The van der Waals surface area contributed by atoms with Crippen LogP contribution in [0.2, 0.25) is 0 Å². The molecule has 41 heavy (non-hydrogen) atoms. The standard InChI is InChI=1S/C35H29NO5/c37-30(25-12-15-28(16-13-25)36(38)39)41-35-22-32(35,23-40-29-17-14-24-8-4-5-9-26(24)20-29)21-33-18-6-7-19-34(33,31(33)35)27-10-2-1-3-11-27/h1-5,7-17,19-20,31H,6,18,21-23H2/t31-,32-,33?,34-,35+/m0/s1. The molecule has 0 N–H and O–H groups in total. The number of hydrogen-bond acceptors (Lipinski definition) is 5. The minimum Gasteiger partial charge on any atom is -0.493 e. The van der Waals surface area contributed by atoms with Crippen molar-refractivity contribution in [2.45, 2.75) is 36.7 Å². The number of fused-ring (bicyclic) bond motifs is 4. The van der Waals surface area contributed by atoms with Crippen LogP contribution in [0.3, 0.4) is 0 Å². The number of rotatable bonds is 7. The van der Waals surface area contributed by atoms with Crippen molar-refractivity contribution in [2.75, 3.05) is 6.61 Å². The number of nitro benzene ring substituents is 1. The SMILES string of the molecule is O=C(O[C@@]12C[C@]1(COc1ccc3ccccc3c1)CC13CCC=C[C@]1(c1ccccc1)[C@H]32)c1ccc([N+](=O)[O-])cc1. The summed E-state index contributed by atoms with van der Waals surface area (Å²) in [5.41, 5.74) is 0.481. The lowest BCUT2D eigenvalue weighted by atomic mass is 9.74. The van der Waals surface area contributed by atoms with Gasteiger partial charge in [0, 0.05) is 35.3 Å². The maximum atomic E-state index is 13.6. The number of hydrogen-bond donors (Lipinski definition) is 0. The average molecular weight is 544 g/mol. The predicted molar refractivity (Wildman–Crippen MR) is 155 cm³/mol. The Hall–Kier alpha value is -4.45. The molecule has 0 heterocycles. The third-order valence-electron chi connectivity index (χ3n) is 10.5. The summed E-state index contributed by atoms with van der Waals surface area (Å²) in [4.78, 5) is 24.3. The van der Waals surface area contributed by atoms with Crippen molar-refractivity contribution in [3.63, 3.8) is 0 Å². The fourth-order valence-corrected chi connectivity index (χ4v) is 8.79. The Bertz CT molecular complexity index is 1750. The van der Waals surface area contributed by atoms with Gasteiger partial charge in [-0.25, -0.2) is 4.79 Å². The fraction of sp³-hybridized carbons (Fsp3) is 0.286. The number of esters is 1. The van der Waals surface area contributed by atoms with E-state index >= 15 is 0 Å². The minimum atomic E-state index is -0.659. The maximum absolute atomic E-state index is 13.6. The molecule has 0 radical (unpaired) electrons. The lowest BCUT2D eigenvalue weighted by Gasteiger charge is -2.32. The molecule has 0 aromatic heterocycles. The number of ether oxygens (including phenoxy) is 2. The van der Waals surface area contributed by atoms with Gasteiger partial charge in [-0.1, -0.05) is 72.8 Å². The Balaban J connectivity index is 1.15. The van der Waals surface area contributed by atoms with Crippen molar-refractivity contribution in [1.29, 1.82) is 0 Å². The molecule has 0 amide bonds. The summed E-state index contributed by atoms with van der Waals surface area (Å²) < 4.78 is 13.1. The Morgan fingerprint density at radius 1 is 0.902 bits per heavy atom. The van der Waals surface area contributed by atoms with Gasteiger partial charge in [-0.15, -0.1) is 0 Å². The van der Waals surface area contributed by atoms with E-state index in [4.69, 9.17) is 9.47 Å². The van der Waals surface area contributed by atoms with Gasteiger partial charge in [0.2, 0.25) is 0 Å². The van der Waals surface area contributed by atoms with E-state index in [2.05, 4.69) is 60.7 Å². The van der Waals surface area contributed by atoms with Gasteiger partial charge in [-0.3, -0.25) is 10.1 Å². The van der Waals surface area contributed by atoms with Crippen LogP contribution in [0.5, 0.6) is 5.75 Å². The van der Waals surface area contributed by atoms with E-state index in [0.717, 1.165) is 36.8 Å². The molecule has 3 saturated carbocycles. The largest absolute Gasteiger partial charge is 0.493 e. The number of carbonyl (C=O) groups is 1. The van der Waals surface area contributed by atoms with Gasteiger partial charge < -0.3 is 9.47 Å². The van der Waals surface area contributed by atoms with E-state index in [0.29, 0.717) is 12.2 Å². The number of benzene rings is 4. The first-order valence-corrected chi connectivity index (χ1v) is 14.3. The molecule has 5 atom stereocenters. The molecule has 204 valence electrons. The highest BCUT2D eigenvalue weighted by Gasteiger charge is 2.97. The molecular formula is C35H29NO5. The summed E-state index contributed by atoms with van der Waals surface area (Å²) in [6, 6.07) is 30.7. The molecule has 4 aromatic carbocycles. The van der Waals surface area contributed by atoms with Gasteiger partial charge in [0.1, 0.15) is 11.4 Å². The Labute approximate surface area is 237 Å². The van der Waals surface area contributed by atoms with Gasteiger partial charge in [-0.05, 0) is 65.3 Å². The van der Waals surface area contributed by atoms with Crippen LogP contribution < -0.4 is 4.74 Å². The molecule has 0 aliphatic heterocycles. The Morgan fingerprint density at radius 3 is 2.44 bits per heavy atom. The molecule has 0 bridgehead atoms. The van der Waals surface area contributed by atoms with Gasteiger partial charge in [0.05, 0.1) is 17.1 Å². The second kappa shape index (κ2) is 8.29. The second-order valence-electron chi connectivity index (χ2n) is 12.3. The van der Waals surface area contributed by atoms with Crippen molar-refractivity contribution >= 4 is 22.4 Å². The van der Waals surface area contributed by atoms with Gasteiger partial charge in [-0.2, -0.15) is 0 Å². The maximum Gasteiger partial charge on any atom is 0.338 e. The van der Waals surface area contributed by atoms with Gasteiger partial charge >= 0.3 is 5.97 Å². The van der Waals surface area contributed by atoms with Crippen molar-refractivity contribution in [3.05, 3.63) is 130 Å². The van der Waals surface area contributed by atoms with Crippen molar-refractivity contribution < 1.29 is 19.2 Å². The summed E-state index contributed by atoms with van der Waals surface area (Å²) in [5, 5.41) is 13.4. The summed E-state index contributed by atoms with van der Waals surface area (Å²) >= 11 is 0. The summed E-state index contributed by atoms with van der Waals surface area (Å²) in [6.45, 7) is 0.478. The highest BCUT2D eigenvalue weighted by atomic mass is 16.6. The number of allylic oxidation sites excluding steroid dienone is 2. The average Bonchev–Trinajstić information content (AvgIpc) is 3.82. The third-order valence-corrected chi connectivity index (χ3v) is 10.5. The van der Waals surface area contributed by atoms with Crippen LogP contribution in [0.1, 0.15) is 41.6 Å². The fourth-order valence-electron chi connectivity index (χ4n) is 8.79. The minimum absolute atomic E-state index is 0.0177. The molecular weight excluding hydrogens is 514 g/mol. The first kappa shape index (κ1) is 24.4. The molecule has 6 heteroatoms. The number of nitrogens with zero attached hydrogens (tertiary/aromatic N) is 1. The number of carbonyl (C=O) groups excluding carboxylic acids is 1. The van der Waals surface area contributed by atoms with Crippen molar-refractivity contribution in [2.24, 2.45) is 16.7 Å². The Kier molecular flexibility index (Phi) is 4.92. The topological polar surface area (TPSA) is 78.7 Å². The van der Waals surface area contributed by atoms with E-state index in [1.165, 1.54) is 35.2 Å². The molecule has 0 saturated heterocycles. The van der Waals surface area contributed by atoms with Crippen molar-refractivity contribution in [1.82, 2.24) is 0 Å². The zero-order valence-corrected chi connectivity index (χ0v) is 22.5. The lowest BCUT2D eigenvalue weighted by molar-refractivity contribution is -0.384. The van der Waals surface area contributed by atoms with E-state index in [1.54, 1.807) is 0 Å². The summed E-state index contributed by atoms with van der Waals surface area (Å²) in [6.07, 6.45) is 8.42. The normalized spacial score (nSPS) is 32.0. The third kappa shape index (κ3) is 3.22. The molecule has 8 rings (SSSR count). The molecule has 1 unspecified atom stereocenters. The quantitative estimate of drug-likeness (QED) is 0.105. The van der Waals surface area contributed by atoms with Crippen LogP contribution in [-0.4, -0.2) is 23.1 Å². The molecule has 4 aliphatic carbocycles. The summed E-state index contributed by atoms with van der Waals surface area (Å²) in [5.74, 6) is 0.544. The highest BCUT2D eigenvalue weighted by molar-refractivity contribution is 5.90. The van der Waals surface area contributed by atoms with E-state index in [-0.39, 0.29) is 27.9 Å². The van der Waals surface area contributed by atoms with Crippen LogP contribution in [-0.2, 0) is 10.2 Å². The monoisotopic (exact) mass is 543 g/mol. The molecule has 1 spiro atoms. The number of nitro groups is 1. The molecule has 6 nitrogen and oxygen atoms in total. The smallest absolute Gasteiger partial charge is 0.338 e. The van der Waals surface area contributed by atoms with Gasteiger partial charge in [0.25, 0.3) is 5.69 Å². The lowest BCUT2D eigenvalue weighted by Crippen LogP contribution is -2.35. The molecule has 3 fully saturated rings. The first-order chi connectivity index (χ1) is 19.9. The molecule has 4 aromatic rings. The van der Waals surface area contributed by atoms with Crippen LogP contribution in [0.4, 0.5) is 5.69 Å². The first-order valence-electron chi connectivity index (χ1n) is 14.3. The predicted octanol–water partition coefficient (Wildman–Crippen LogP) is 7.42. The zero-order valence-electron chi connectivity index (χ0n) is 22.5. The number of non-ortho nitro benzene ring substituents is 1. The summed E-state index contributed by atoms with van der Waals surface area (Å²) in [7, 11) is 0. The second-order valence-corrected chi connectivity index (χ2v) is 12.3. The van der Waals surface area contributed by atoms with Crippen LogP contribution in [0.15, 0.2) is 109 Å². The molecule has 4 aliphatic rings. The van der Waals surface area contributed by atoms with E-state index in [1.807, 2.05) is 24.3 Å². The van der Waals surface area contributed by atoms with Gasteiger partial charge in [0.15, 0.2) is 0 Å². The highest BCUT2D eigenvalue weighted by Crippen LogP contribution is 2.94. The van der Waals surface area contributed by atoms with Crippen LogP contribution in [0.25, 0.3) is 10.8 Å². The Morgan fingerprint density at radius 2 is 1.66 bits per heavy atom.